The number of aromatic nitrogens is 2. The highest BCUT2D eigenvalue weighted by molar-refractivity contribution is 7.03. The van der Waals surface area contributed by atoms with Crippen LogP contribution in [0.2, 0.25) is 0 Å². The Morgan fingerprint density at radius 3 is 2.71 bits per heavy atom. The molecule has 28 heavy (non-hydrogen) atoms. The summed E-state index contributed by atoms with van der Waals surface area (Å²) in [6.07, 6.45) is 6.55. The molecule has 2 aromatic rings. The summed E-state index contributed by atoms with van der Waals surface area (Å²) in [5, 5.41) is 8.34. The van der Waals surface area contributed by atoms with Crippen LogP contribution in [0.4, 0.5) is 4.39 Å². The monoisotopic (exact) mass is 402 g/mol. The first-order valence-corrected chi connectivity index (χ1v) is 10.2. The Morgan fingerprint density at radius 2 is 2.07 bits per heavy atom. The molecule has 1 heterocycles. The largest absolute Gasteiger partial charge is 0.351 e. The molecule has 6 nitrogen and oxygen atoms in total. The molecule has 1 N–H and O–H groups in total. The second-order valence-corrected chi connectivity index (χ2v) is 7.41. The van der Waals surface area contributed by atoms with Gasteiger partial charge in [-0.2, -0.15) is 0 Å². The van der Waals surface area contributed by atoms with E-state index < -0.39 is 23.7 Å². The smallest absolute Gasteiger partial charge is 0.276 e. The Labute approximate surface area is 167 Å². The summed E-state index contributed by atoms with van der Waals surface area (Å²) in [4.78, 5) is 27.5. The highest BCUT2D eigenvalue weighted by atomic mass is 32.1. The Hall–Kier alpha value is -2.61. The fourth-order valence-electron chi connectivity index (χ4n) is 3.52. The van der Waals surface area contributed by atoms with Gasteiger partial charge in [0.25, 0.3) is 5.91 Å². The van der Waals surface area contributed by atoms with Gasteiger partial charge in [-0.3, -0.25) is 9.59 Å². The van der Waals surface area contributed by atoms with Gasteiger partial charge in [0.1, 0.15) is 11.9 Å². The summed E-state index contributed by atoms with van der Waals surface area (Å²) in [6.45, 7) is 3.76. The van der Waals surface area contributed by atoms with Gasteiger partial charge in [-0.05, 0) is 30.4 Å². The highest BCUT2D eigenvalue weighted by Crippen LogP contribution is 2.27. The summed E-state index contributed by atoms with van der Waals surface area (Å²) in [5.41, 5.74) is 0.271. The Kier molecular flexibility index (Phi) is 6.86. The standard InChI is InChI=1S/C20H23FN4O2S/c1-2-12-25(20(27)17-13-28-24-23-17)18(15-10-6-7-11-16(15)21)19(26)22-14-8-4-3-5-9-14/h2,6-7,10-11,13-14,18H,1,3-5,8-9,12H2,(H,22,26)/t18-/m0/s1. The first kappa shape index (κ1) is 20.1. The van der Waals surface area contributed by atoms with Crippen molar-refractivity contribution in [2.75, 3.05) is 6.54 Å². The summed E-state index contributed by atoms with van der Waals surface area (Å²) < 4.78 is 18.3. The van der Waals surface area contributed by atoms with Crippen LogP contribution in [0.15, 0.2) is 42.3 Å². The maximum atomic E-state index is 14.6. The van der Waals surface area contributed by atoms with Crippen molar-refractivity contribution in [2.24, 2.45) is 0 Å². The van der Waals surface area contributed by atoms with Crippen LogP contribution in [0.3, 0.4) is 0 Å². The van der Waals surface area contributed by atoms with E-state index >= 15 is 0 Å². The third-order valence-corrected chi connectivity index (χ3v) is 5.38. The number of hydrogen-bond donors (Lipinski definition) is 1. The molecule has 0 spiro atoms. The molecule has 1 aromatic heterocycles. The van der Waals surface area contributed by atoms with Crippen LogP contribution < -0.4 is 5.32 Å². The molecule has 1 saturated carbocycles. The van der Waals surface area contributed by atoms with Gasteiger partial charge < -0.3 is 10.2 Å². The number of hydrogen-bond acceptors (Lipinski definition) is 5. The molecule has 1 fully saturated rings. The summed E-state index contributed by atoms with van der Waals surface area (Å²) in [5.74, 6) is -1.42. The average Bonchev–Trinajstić information content (AvgIpc) is 3.24. The Morgan fingerprint density at radius 1 is 1.32 bits per heavy atom. The number of carbonyl (C=O) groups excluding carboxylic acids is 2. The van der Waals surface area contributed by atoms with E-state index in [4.69, 9.17) is 0 Å². The number of nitrogens with one attached hydrogen (secondary N) is 1. The zero-order valence-corrected chi connectivity index (χ0v) is 16.3. The SMILES string of the molecule is C=CCN(C(=O)c1csnn1)[C@H](C(=O)NC1CCCCC1)c1ccccc1F. The molecule has 1 aliphatic carbocycles. The predicted molar refractivity (Wildman–Crippen MR) is 105 cm³/mol. The number of nitrogens with zero attached hydrogens (tertiary/aromatic N) is 3. The zero-order chi connectivity index (χ0) is 19.9. The van der Waals surface area contributed by atoms with Gasteiger partial charge in [0.05, 0.1) is 0 Å². The molecular weight excluding hydrogens is 379 g/mol. The van der Waals surface area contributed by atoms with Crippen molar-refractivity contribution < 1.29 is 14.0 Å². The lowest BCUT2D eigenvalue weighted by Crippen LogP contribution is -2.47. The van der Waals surface area contributed by atoms with Crippen molar-refractivity contribution in [3.63, 3.8) is 0 Å². The topological polar surface area (TPSA) is 75.2 Å². The van der Waals surface area contributed by atoms with Gasteiger partial charge in [0.15, 0.2) is 5.69 Å². The minimum atomic E-state index is -1.12. The molecular formula is C20H23FN4O2S. The van der Waals surface area contributed by atoms with Crippen molar-refractivity contribution in [1.29, 1.82) is 0 Å². The molecule has 148 valence electrons. The maximum Gasteiger partial charge on any atom is 0.276 e. The fraction of sp³-hybridized carbons (Fsp3) is 0.400. The van der Waals surface area contributed by atoms with Crippen molar-refractivity contribution in [1.82, 2.24) is 19.8 Å². The maximum absolute atomic E-state index is 14.6. The fourth-order valence-corrected chi connectivity index (χ4v) is 3.95. The predicted octanol–water partition coefficient (Wildman–Crippen LogP) is 3.50. The second kappa shape index (κ2) is 9.54. The molecule has 0 bridgehead atoms. The number of benzene rings is 1. The molecule has 0 aliphatic heterocycles. The third-order valence-electron chi connectivity index (χ3n) is 4.88. The van der Waals surface area contributed by atoms with Crippen LogP contribution in [-0.4, -0.2) is 38.9 Å². The van der Waals surface area contributed by atoms with Gasteiger partial charge >= 0.3 is 0 Å². The number of halogens is 1. The summed E-state index contributed by atoms with van der Waals surface area (Å²) >= 11 is 1.04. The first-order chi connectivity index (χ1) is 13.6. The molecule has 1 atom stereocenters. The third kappa shape index (κ3) is 4.62. The van der Waals surface area contributed by atoms with Crippen molar-refractivity contribution in [3.8, 4) is 0 Å². The Balaban J connectivity index is 1.95. The van der Waals surface area contributed by atoms with Crippen LogP contribution in [0.5, 0.6) is 0 Å². The van der Waals surface area contributed by atoms with Crippen molar-refractivity contribution in [3.05, 3.63) is 59.4 Å². The minimum absolute atomic E-state index is 0.0390. The Bertz CT molecular complexity index is 821. The van der Waals surface area contributed by atoms with Crippen LogP contribution >= 0.6 is 11.5 Å². The van der Waals surface area contributed by atoms with E-state index in [0.717, 1.165) is 43.6 Å². The molecule has 2 amide bonds. The van der Waals surface area contributed by atoms with Crippen LogP contribution in [0.1, 0.15) is 54.2 Å². The quantitative estimate of drug-likeness (QED) is 0.720. The van der Waals surface area contributed by atoms with E-state index in [-0.39, 0.29) is 23.8 Å². The lowest BCUT2D eigenvalue weighted by molar-refractivity contribution is -0.126. The van der Waals surface area contributed by atoms with Gasteiger partial charge in [-0.15, -0.1) is 11.7 Å². The van der Waals surface area contributed by atoms with Crippen molar-refractivity contribution >= 4 is 23.3 Å². The normalized spacial score (nSPS) is 15.6. The highest BCUT2D eigenvalue weighted by Gasteiger charge is 2.35. The van der Waals surface area contributed by atoms with E-state index in [9.17, 15) is 14.0 Å². The number of amides is 2. The molecule has 0 saturated heterocycles. The van der Waals surface area contributed by atoms with Gasteiger partial charge in [-0.25, -0.2) is 4.39 Å². The van der Waals surface area contributed by atoms with Gasteiger partial charge in [0.2, 0.25) is 5.91 Å². The molecule has 1 aromatic carbocycles. The summed E-state index contributed by atoms with van der Waals surface area (Å²) in [6, 6.07) is 4.95. The van der Waals surface area contributed by atoms with Crippen LogP contribution in [0, 0.1) is 5.82 Å². The average molecular weight is 402 g/mol. The lowest BCUT2D eigenvalue weighted by atomic mass is 9.94. The van der Waals surface area contributed by atoms with E-state index in [2.05, 4.69) is 21.5 Å². The number of rotatable bonds is 7. The first-order valence-electron chi connectivity index (χ1n) is 9.35. The van der Waals surface area contributed by atoms with Gasteiger partial charge in [-0.1, -0.05) is 48.0 Å². The van der Waals surface area contributed by atoms with E-state index in [1.165, 1.54) is 28.5 Å². The molecule has 3 rings (SSSR count). The van der Waals surface area contributed by atoms with Crippen molar-refractivity contribution in [2.45, 2.75) is 44.2 Å². The van der Waals surface area contributed by atoms with Crippen LogP contribution in [0.25, 0.3) is 0 Å². The summed E-state index contributed by atoms with van der Waals surface area (Å²) in [7, 11) is 0. The second-order valence-electron chi connectivity index (χ2n) is 6.80. The number of carbonyl (C=O) groups is 2. The van der Waals surface area contributed by atoms with E-state index in [1.54, 1.807) is 12.1 Å². The van der Waals surface area contributed by atoms with Crippen LogP contribution in [-0.2, 0) is 4.79 Å². The van der Waals surface area contributed by atoms with E-state index in [1.807, 2.05) is 0 Å². The van der Waals surface area contributed by atoms with Gasteiger partial charge in [0, 0.05) is 23.5 Å². The minimum Gasteiger partial charge on any atom is -0.351 e. The zero-order valence-electron chi connectivity index (χ0n) is 15.5. The molecule has 0 radical (unpaired) electrons. The molecule has 0 unspecified atom stereocenters. The molecule has 1 aliphatic rings. The lowest BCUT2D eigenvalue weighted by Gasteiger charge is -2.32. The molecule has 8 heteroatoms. The van der Waals surface area contributed by atoms with E-state index in [0.29, 0.717) is 0 Å².